The van der Waals surface area contributed by atoms with Crippen LogP contribution in [0.15, 0.2) is 42.5 Å². The van der Waals surface area contributed by atoms with E-state index in [1.54, 1.807) is 30.3 Å². The van der Waals surface area contributed by atoms with Crippen molar-refractivity contribution >= 4 is 29.4 Å². The quantitative estimate of drug-likeness (QED) is 0.593. The van der Waals surface area contributed by atoms with E-state index in [0.29, 0.717) is 17.2 Å². The molecule has 0 saturated heterocycles. The fourth-order valence-corrected chi connectivity index (χ4v) is 3.21. The summed E-state index contributed by atoms with van der Waals surface area (Å²) in [6, 6.07) is 10.0. The van der Waals surface area contributed by atoms with Crippen LogP contribution < -0.4 is 14.8 Å². The highest BCUT2D eigenvalue weighted by molar-refractivity contribution is 6.22. The predicted molar refractivity (Wildman–Crippen MR) is 103 cm³/mol. The van der Waals surface area contributed by atoms with Crippen LogP contribution in [-0.4, -0.2) is 47.5 Å². The third-order valence-electron chi connectivity index (χ3n) is 4.86. The Morgan fingerprint density at radius 2 is 1.63 bits per heavy atom. The zero-order chi connectivity index (χ0) is 21.4. The number of fused-ring (bicyclic) bond motifs is 2. The molecule has 2 aliphatic heterocycles. The van der Waals surface area contributed by atoms with Crippen molar-refractivity contribution in [3.8, 4) is 11.5 Å². The summed E-state index contributed by atoms with van der Waals surface area (Å²) in [5.41, 5.74) is 0.909. The number of ether oxygens (including phenoxy) is 3. The third-order valence-corrected chi connectivity index (χ3v) is 4.86. The molecule has 0 radical (unpaired) electrons. The van der Waals surface area contributed by atoms with E-state index >= 15 is 0 Å². The van der Waals surface area contributed by atoms with E-state index in [2.05, 4.69) is 5.32 Å². The first-order valence-electron chi connectivity index (χ1n) is 9.24. The summed E-state index contributed by atoms with van der Waals surface area (Å²) in [6.45, 7) is 2.89. The highest BCUT2D eigenvalue weighted by Crippen LogP contribution is 2.34. The summed E-state index contributed by atoms with van der Waals surface area (Å²) < 4.78 is 15.7. The van der Waals surface area contributed by atoms with Crippen LogP contribution in [0.25, 0.3) is 0 Å². The van der Waals surface area contributed by atoms with Crippen LogP contribution in [-0.2, 0) is 14.3 Å². The molecule has 9 heteroatoms. The highest BCUT2D eigenvalue weighted by atomic mass is 16.7. The number of carbonyl (C=O) groups excluding carboxylic acids is 4. The average Bonchev–Trinajstić information content (AvgIpc) is 3.30. The molecule has 2 aliphatic rings. The van der Waals surface area contributed by atoms with Gasteiger partial charge in [0.15, 0.2) is 17.6 Å². The van der Waals surface area contributed by atoms with E-state index < -0.39 is 35.8 Å². The van der Waals surface area contributed by atoms with E-state index in [4.69, 9.17) is 14.2 Å². The molecule has 1 N–H and O–H groups in total. The Kier molecular flexibility index (Phi) is 4.86. The summed E-state index contributed by atoms with van der Waals surface area (Å²) in [5, 5.41) is 2.62. The van der Waals surface area contributed by atoms with Crippen molar-refractivity contribution in [2.45, 2.75) is 26.0 Å². The van der Waals surface area contributed by atoms with E-state index in [-0.39, 0.29) is 17.9 Å². The van der Waals surface area contributed by atoms with E-state index in [9.17, 15) is 19.2 Å². The largest absolute Gasteiger partial charge is 0.454 e. The number of rotatable bonds is 5. The lowest BCUT2D eigenvalue weighted by Gasteiger charge is -2.22. The minimum atomic E-state index is -1.18. The van der Waals surface area contributed by atoms with Gasteiger partial charge in [0.1, 0.15) is 6.04 Å². The van der Waals surface area contributed by atoms with E-state index in [1.165, 1.54) is 26.0 Å². The first kappa shape index (κ1) is 19.4. The van der Waals surface area contributed by atoms with Crippen LogP contribution in [0.2, 0.25) is 0 Å². The molecule has 2 aromatic carbocycles. The Bertz CT molecular complexity index is 1030. The summed E-state index contributed by atoms with van der Waals surface area (Å²) in [4.78, 5) is 50.7. The number of amides is 3. The van der Waals surface area contributed by atoms with Gasteiger partial charge in [0.25, 0.3) is 17.7 Å². The molecular formula is C21H18N2O7. The van der Waals surface area contributed by atoms with Gasteiger partial charge in [-0.15, -0.1) is 0 Å². The monoisotopic (exact) mass is 410 g/mol. The van der Waals surface area contributed by atoms with Gasteiger partial charge in [-0.1, -0.05) is 12.1 Å². The van der Waals surface area contributed by atoms with Crippen LogP contribution in [0.3, 0.4) is 0 Å². The van der Waals surface area contributed by atoms with Gasteiger partial charge < -0.3 is 19.5 Å². The molecule has 0 aliphatic carbocycles. The van der Waals surface area contributed by atoms with Gasteiger partial charge in [-0.05, 0) is 38.1 Å². The molecule has 2 unspecified atom stereocenters. The maximum Gasteiger partial charge on any atom is 0.329 e. The Morgan fingerprint density at radius 1 is 1.00 bits per heavy atom. The molecule has 154 valence electrons. The van der Waals surface area contributed by atoms with Gasteiger partial charge in [0, 0.05) is 11.8 Å². The maximum atomic E-state index is 12.5. The molecule has 0 bridgehead atoms. The normalized spacial score (nSPS) is 16.1. The molecule has 2 heterocycles. The highest BCUT2D eigenvalue weighted by Gasteiger charge is 2.41. The van der Waals surface area contributed by atoms with Crippen LogP contribution in [0.4, 0.5) is 5.69 Å². The fourth-order valence-electron chi connectivity index (χ4n) is 3.21. The van der Waals surface area contributed by atoms with Crippen molar-refractivity contribution in [2.75, 3.05) is 12.1 Å². The first-order valence-corrected chi connectivity index (χ1v) is 9.24. The van der Waals surface area contributed by atoms with Gasteiger partial charge in [-0.3, -0.25) is 19.3 Å². The predicted octanol–water partition coefficient (Wildman–Crippen LogP) is 1.97. The lowest BCUT2D eigenvalue weighted by molar-refractivity contribution is -0.156. The molecule has 30 heavy (non-hydrogen) atoms. The Balaban J connectivity index is 1.39. The number of hydrogen-bond donors (Lipinski definition) is 1. The van der Waals surface area contributed by atoms with Crippen molar-refractivity contribution < 1.29 is 33.4 Å². The van der Waals surface area contributed by atoms with Crippen molar-refractivity contribution in [3.63, 3.8) is 0 Å². The van der Waals surface area contributed by atoms with Crippen LogP contribution >= 0.6 is 0 Å². The van der Waals surface area contributed by atoms with Gasteiger partial charge in [-0.2, -0.15) is 0 Å². The number of nitrogens with one attached hydrogen (secondary N) is 1. The van der Waals surface area contributed by atoms with Crippen molar-refractivity contribution in [1.29, 1.82) is 0 Å². The fraction of sp³-hybridized carbons (Fsp3) is 0.238. The summed E-state index contributed by atoms with van der Waals surface area (Å²) in [6.07, 6.45) is -1.15. The second-order valence-electron chi connectivity index (χ2n) is 6.84. The molecule has 3 amide bonds. The van der Waals surface area contributed by atoms with Crippen LogP contribution in [0, 0.1) is 0 Å². The maximum absolute atomic E-state index is 12.5. The van der Waals surface area contributed by atoms with Gasteiger partial charge >= 0.3 is 5.97 Å². The van der Waals surface area contributed by atoms with E-state index in [0.717, 1.165) is 4.90 Å². The molecule has 0 spiro atoms. The van der Waals surface area contributed by atoms with Crippen LogP contribution in [0.5, 0.6) is 11.5 Å². The van der Waals surface area contributed by atoms with Gasteiger partial charge in [0.2, 0.25) is 6.79 Å². The second kappa shape index (κ2) is 7.51. The lowest BCUT2D eigenvalue weighted by Crippen LogP contribution is -2.45. The lowest BCUT2D eigenvalue weighted by atomic mass is 10.1. The second-order valence-corrected chi connectivity index (χ2v) is 6.84. The van der Waals surface area contributed by atoms with Crippen molar-refractivity contribution in [1.82, 2.24) is 4.90 Å². The third kappa shape index (κ3) is 3.34. The van der Waals surface area contributed by atoms with Crippen molar-refractivity contribution in [2.24, 2.45) is 0 Å². The molecule has 2 aromatic rings. The van der Waals surface area contributed by atoms with Gasteiger partial charge in [-0.25, -0.2) is 4.79 Å². The number of esters is 1. The standard InChI is InChI=1S/C21H18N2O7/c1-11(23-19(25)14-5-3-4-6-15(14)20(23)26)21(27)30-12(2)18(24)22-13-7-8-16-17(9-13)29-10-28-16/h3-9,11-12H,10H2,1-2H3,(H,22,24). The molecule has 0 saturated carbocycles. The SMILES string of the molecule is CC(OC(=O)C(C)N1C(=O)c2ccccc2C1=O)C(=O)Nc1ccc2c(c1)OCO2. The summed E-state index contributed by atoms with van der Waals surface area (Å²) >= 11 is 0. The molecule has 0 fully saturated rings. The number of nitrogens with zero attached hydrogens (tertiary/aromatic N) is 1. The number of imide groups is 1. The van der Waals surface area contributed by atoms with E-state index in [1.807, 2.05) is 0 Å². The zero-order valence-corrected chi connectivity index (χ0v) is 16.2. The molecule has 0 aromatic heterocycles. The molecule has 2 atom stereocenters. The zero-order valence-electron chi connectivity index (χ0n) is 16.2. The Morgan fingerprint density at radius 3 is 2.30 bits per heavy atom. The number of benzene rings is 2. The Labute approximate surface area is 171 Å². The smallest absolute Gasteiger partial charge is 0.329 e. The Hall–Kier alpha value is -3.88. The topological polar surface area (TPSA) is 111 Å². The summed E-state index contributed by atoms with van der Waals surface area (Å²) in [7, 11) is 0. The molecular weight excluding hydrogens is 392 g/mol. The molecule has 4 rings (SSSR count). The van der Waals surface area contributed by atoms with Crippen LogP contribution in [0.1, 0.15) is 34.6 Å². The van der Waals surface area contributed by atoms with Crippen molar-refractivity contribution in [3.05, 3.63) is 53.6 Å². The molecule has 9 nitrogen and oxygen atoms in total. The first-order chi connectivity index (χ1) is 14.4. The number of hydrogen-bond acceptors (Lipinski definition) is 7. The number of carbonyl (C=O) groups is 4. The van der Waals surface area contributed by atoms with Gasteiger partial charge in [0.05, 0.1) is 11.1 Å². The minimum Gasteiger partial charge on any atom is -0.454 e. The number of anilines is 1. The minimum absolute atomic E-state index is 0.108. The average molecular weight is 410 g/mol. The summed E-state index contributed by atoms with van der Waals surface area (Å²) in [5.74, 6) is -1.51.